The Balaban J connectivity index is 1.57. The summed E-state index contributed by atoms with van der Waals surface area (Å²) in [5.74, 6) is 0.0348. The van der Waals surface area contributed by atoms with Crippen LogP contribution in [0.4, 0.5) is 0 Å². The van der Waals surface area contributed by atoms with E-state index in [2.05, 4.69) is 10.2 Å². The van der Waals surface area contributed by atoms with Gasteiger partial charge in [0.1, 0.15) is 0 Å². The number of carbonyl (C=O) groups is 1. The van der Waals surface area contributed by atoms with E-state index in [4.69, 9.17) is 0 Å². The predicted octanol–water partition coefficient (Wildman–Crippen LogP) is 2.44. The minimum absolute atomic E-state index is 0.0348. The third kappa shape index (κ3) is 3.10. The fourth-order valence-corrected chi connectivity index (χ4v) is 3.43. The highest BCUT2D eigenvalue weighted by Gasteiger charge is 2.34. The average Bonchev–Trinajstić information content (AvgIpc) is 2.96. The van der Waals surface area contributed by atoms with E-state index >= 15 is 0 Å². The lowest BCUT2D eigenvalue weighted by Crippen LogP contribution is -2.52. The van der Waals surface area contributed by atoms with Gasteiger partial charge in [-0.1, -0.05) is 30.3 Å². The van der Waals surface area contributed by atoms with Crippen molar-refractivity contribution in [3.05, 3.63) is 42.0 Å². The van der Waals surface area contributed by atoms with Crippen LogP contribution in [-0.2, 0) is 4.79 Å². The number of hydrogen-bond acceptors (Lipinski definition) is 2. The number of piperidine rings is 1. The normalized spacial score (nSPS) is 26.6. The van der Waals surface area contributed by atoms with Gasteiger partial charge in [-0.3, -0.25) is 9.69 Å². The highest BCUT2D eigenvalue weighted by atomic mass is 16.1. The number of rotatable bonds is 3. The second kappa shape index (κ2) is 6.23. The van der Waals surface area contributed by atoms with Gasteiger partial charge in [0, 0.05) is 18.2 Å². The molecule has 0 aromatic heterocycles. The molecule has 1 aromatic rings. The maximum Gasteiger partial charge on any atom is 0.244 e. The topological polar surface area (TPSA) is 32.3 Å². The standard InChI is InChI=1S/C17H22N2O/c20-17(11-10-14-6-2-1-3-7-14)18-15-8-4-12-19-13-5-9-16(15)19/h1-3,6-7,10-11,15-16H,4-5,8-9,12-13H2,(H,18,20)/t15-,16-/m0/s1. The summed E-state index contributed by atoms with van der Waals surface area (Å²) in [7, 11) is 0. The van der Waals surface area contributed by atoms with E-state index in [-0.39, 0.29) is 5.91 Å². The predicted molar refractivity (Wildman–Crippen MR) is 81.2 cm³/mol. The Hall–Kier alpha value is -1.61. The van der Waals surface area contributed by atoms with Gasteiger partial charge in [-0.05, 0) is 50.4 Å². The fourth-order valence-electron chi connectivity index (χ4n) is 3.43. The van der Waals surface area contributed by atoms with E-state index in [1.807, 2.05) is 36.4 Å². The van der Waals surface area contributed by atoms with Crippen molar-refractivity contribution in [2.24, 2.45) is 0 Å². The monoisotopic (exact) mass is 270 g/mol. The number of fused-ring (bicyclic) bond motifs is 1. The molecule has 3 heteroatoms. The smallest absolute Gasteiger partial charge is 0.244 e. The lowest BCUT2D eigenvalue weighted by Gasteiger charge is -2.36. The lowest BCUT2D eigenvalue weighted by atomic mass is 9.96. The van der Waals surface area contributed by atoms with E-state index in [0.29, 0.717) is 12.1 Å². The molecule has 3 rings (SSSR count). The molecule has 0 saturated carbocycles. The van der Waals surface area contributed by atoms with Crippen LogP contribution in [0.5, 0.6) is 0 Å². The van der Waals surface area contributed by atoms with Crippen molar-refractivity contribution in [3.63, 3.8) is 0 Å². The molecule has 1 aromatic carbocycles. The van der Waals surface area contributed by atoms with Gasteiger partial charge >= 0.3 is 0 Å². The number of nitrogens with zero attached hydrogens (tertiary/aromatic N) is 1. The highest BCUT2D eigenvalue weighted by molar-refractivity contribution is 5.91. The molecule has 2 aliphatic rings. The van der Waals surface area contributed by atoms with Crippen LogP contribution in [0.2, 0.25) is 0 Å². The van der Waals surface area contributed by atoms with Gasteiger partial charge in [-0.25, -0.2) is 0 Å². The minimum Gasteiger partial charge on any atom is -0.348 e. The summed E-state index contributed by atoms with van der Waals surface area (Å²) in [6.07, 6.45) is 8.36. The van der Waals surface area contributed by atoms with Crippen molar-refractivity contribution in [3.8, 4) is 0 Å². The van der Waals surface area contributed by atoms with E-state index in [1.165, 1.54) is 32.4 Å². The van der Waals surface area contributed by atoms with Gasteiger partial charge in [0.25, 0.3) is 0 Å². The number of benzene rings is 1. The Kier molecular flexibility index (Phi) is 4.16. The van der Waals surface area contributed by atoms with Crippen LogP contribution in [0, 0.1) is 0 Å². The zero-order valence-electron chi connectivity index (χ0n) is 11.8. The molecule has 0 bridgehead atoms. The summed E-state index contributed by atoms with van der Waals surface area (Å²) < 4.78 is 0. The van der Waals surface area contributed by atoms with Crippen LogP contribution in [0.1, 0.15) is 31.2 Å². The molecule has 0 radical (unpaired) electrons. The first-order valence-electron chi connectivity index (χ1n) is 7.60. The third-order valence-corrected chi connectivity index (χ3v) is 4.39. The largest absolute Gasteiger partial charge is 0.348 e. The van der Waals surface area contributed by atoms with Crippen molar-refractivity contribution in [1.82, 2.24) is 10.2 Å². The number of nitrogens with one attached hydrogen (secondary N) is 1. The number of amides is 1. The number of hydrogen-bond donors (Lipinski definition) is 1. The van der Waals surface area contributed by atoms with Crippen LogP contribution in [-0.4, -0.2) is 36.0 Å². The van der Waals surface area contributed by atoms with Gasteiger partial charge < -0.3 is 5.32 Å². The summed E-state index contributed by atoms with van der Waals surface area (Å²) in [5, 5.41) is 3.19. The molecule has 0 unspecified atom stereocenters. The van der Waals surface area contributed by atoms with Gasteiger partial charge in [-0.15, -0.1) is 0 Å². The van der Waals surface area contributed by atoms with Gasteiger partial charge in [0.15, 0.2) is 0 Å². The summed E-state index contributed by atoms with van der Waals surface area (Å²) in [6, 6.07) is 10.8. The van der Waals surface area contributed by atoms with E-state index in [9.17, 15) is 4.79 Å². The Morgan fingerprint density at radius 3 is 2.70 bits per heavy atom. The summed E-state index contributed by atoms with van der Waals surface area (Å²) in [6.45, 7) is 2.41. The van der Waals surface area contributed by atoms with E-state index in [1.54, 1.807) is 6.08 Å². The molecule has 2 saturated heterocycles. The summed E-state index contributed by atoms with van der Waals surface area (Å²) >= 11 is 0. The molecule has 0 spiro atoms. The minimum atomic E-state index is 0.0348. The average molecular weight is 270 g/mol. The first-order valence-corrected chi connectivity index (χ1v) is 7.60. The van der Waals surface area contributed by atoms with Gasteiger partial charge in [0.2, 0.25) is 5.91 Å². The molecular weight excluding hydrogens is 248 g/mol. The Morgan fingerprint density at radius 2 is 1.90 bits per heavy atom. The van der Waals surface area contributed by atoms with E-state index in [0.717, 1.165) is 12.0 Å². The molecule has 1 N–H and O–H groups in total. The Bertz CT molecular complexity index is 483. The van der Waals surface area contributed by atoms with Crippen LogP contribution in [0.15, 0.2) is 36.4 Å². The van der Waals surface area contributed by atoms with Crippen LogP contribution in [0.25, 0.3) is 6.08 Å². The first-order chi connectivity index (χ1) is 9.83. The van der Waals surface area contributed by atoms with Crippen LogP contribution < -0.4 is 5.32 Å². The van der Waals surface area contributed by atoms with Crippen molar-refractivity contribution in [2.45, 2.75) is 37.8 Å². The van der Waals surface area contributed by atoms with Crippen molar-refractivity contribution in [2.75, 3.05) is 13.1 Å². The molecule has 3 nitrogen and oxygen atoms in total. The second-order valence-electron chi connectivity index (χ2n) is 5.75. The lowest BCUT2D eigenvalue weighted by molar-refractivity contribution is -0.117. The zero-order valence-corrected chi connectivity index (χ0v) is 11.8. The Labute approximate surface area is 120 Å². The quantitative estimate of drug-likeness (QED) is 0.856. The first kappa shape index (κ1) is 13.4. The molecule has 0 aliphatic carbocycles. The molecule has 2 atom stereocenters. The molecule has 2 fully saturated rings. The molecule has 2 aliphatic heterocycles. The van der Waals surface area contributed by atoms with Gasteiger partial charge in [0.05, 0.1) is 0 Å². The molecule has 106 valence electrons. The summed E-state index contributed by atoms with van der Waals surface area (Å²) in [4.78, 5) is 14.6. The SMILES string of the molecule is O=C(C=Cc1ccccc1)N[C@H]1CCCN2CCC[C@@H]12. The fraction of sp³-hybridized carbons (Fsp3) is 0.471. The van der Waals surface area contributed by atoms with Crippen molar-refractivity contribution in [1.29, 1.82) is 0 Å². The maximum atomic E-state index is 12.1. The molecular formula is C17H22N2O. The highest BCUT2D eigenvalue weighted by Crippen LogP contribution is 2.27. The molecule has 1 amide bonds. The van der Waals surface area contributed by atoms with Gasteiger partial charge in [-0.2, -0.15) is 0 Å². The van der Waals surface area contributed by atoms with Crippen molar-refractivity contribution >= 4 is 12.0 Å². The van der Waals surface area contributed by atoms with Crippen LogP contribution in [0.3, 0.4) is 0 Å². The van der Waals surface area contributed by atoms with Crippen molar-refractivity contribution < 1.29 is 4.79 Å². The molecule has 20 heavy (non-hydrogen) atoms. The zero-order chi connectivity index (χ0) is 13.8. The maximum absolute atomic E-state index is 12.1. The summed E-state index contributed by atoms with van der Waals surface area (Å²) in [5.41, 5.74) is 1.06. The van der Waals surface area contributed by atoms with E-state index < -0.39 is 0 Å². The number of carbonyl (C=O) groups excluding carboxylic acids is 1. The third-order valence-electron chi connectivity index (χ3n) is 4.39. The second-order valence-corrected chi connectivity index (χ2v) is 5.75. The molecule has 2 heterocycles. The Morgan fingerprint density at radius 1 is 1.15 bits per heavy atom. The van der Waals surface area contributed by atoms with Crippen LogP contribution >= 0.6 is 0 Å².